The van der Waals surface area contributed by atoms with E-state index in [0.717, 1.165) is 34.6 Å². The highest BCUT2D eigenvalue weighted by molar-refractivity contribution is 6.00. The normalized spacial score (nSPS) is 17.2. The van der Waals surface area contributed by atoms with Crippen molar-refractivity contribution in [2.24, 2.45) is 0 Å². The third-order valence-corrected chi connectivity index (χ3v) is 4.75. The number of carbonyl (C=O) groups is 1. The van der Waals surface area contributed by atoms with Crippen molar-refractivity contribution in [3.63, 3.8) is 0 Å². The Bertz CT molecular complexity index is 1030. The molecule has 3 aromatic rings. The number of ether oxygens (including phenoxy) is 1. The number of hydrogen-bond donors (Lipinski definition) is 2. The summed E-state index contributed by atoms with van der Waals surface area (Å²) in [6, 6.07) is 5.90. The fourth-order valence-electron chi connectivity index (χ4n) is 3.34. The van der Waals surface area contributed by atoms with E-state index in [1.807, 2.05) is 25.1 Å². The van der Waals surface area contributed by atoms with Gasteiger partial charge in [0.2, 0.25) is 11.8 Å². The van der Waals surface area contributed by atoms with Crippen molar-refractivity contribution < 1.29 is 9.53 Å². The number of nitrogens with one attached hydrogen (secondary N) is 2. The van der Waals surface area contributed by atoms with Gasteiger partial charge in [0.25, 0.3) is 5.56 Å². The molecule has 0 spiro atoms. The van der Waals surface area contributed by atoms with E-state index in [1.165, 1.54) is 0 Å². The van der Waals surface area contributed by atoms with E-state index in [1.54, 1.807) is 12.4 Å². The second-order valence-electron chi connectivity index (χ2n) is 6.48. The maximum Gasteiger partial charge on any atom is 0.255 e. The fraction of sp³-hybridized carbons (Fsp3) is 0.316. The maximum absolute atomic E-state index is 12.1. The first-order chi connectivity index (χ1) is 12.1. The van der Waals surface area contributed by atoms with Crippen molar-refractivity contribution in [2.75, 3.05) is 6.61 Å². The zero-order valence-corrected chi connectivity index (χ0v) is 14.0. The Morgan fingerprint density at radius 1 is 1.24 bits per heavy atom. The molecule has 1 amide bonds. The van der Waals surface area contributed by atoms with Crippen molar-refractivity contribution in [1.29, 1.82) is 0 Å². The van der Waals surface area contributed by atoms with E-state index in [2.05, 4.69) is 15.3 Å². The molecular weight excluding hydrogens is 318 g/mol. The molecule has 0 saturated carbocycles. The van der Waals surface area contributed by atoms with Crippen LogP contribution in [0.3, 0.4) is 0 Å². The predicted octanol–water partition coefficient (Wildman–Crippen LogP) is 2.43. The van der Waals surface area contributed by atoms with Crippen LogP contribution in [0.2, 0.25) is 0 Å². The summed E-state index contributed by atoms with van der Waals surface area (Å²) in [5, 5.41) is 6.31. The zero-order valence-electron chi connectivity index (χ0n) is 14.0. The number of aromatic nitrogens is 2. The van der Waals surface area contributed by atoms with Crippen LogP contribution in [0.5, 0.6) is 5.88 Å². The Kier molecular flexibility index (Phi) is 3.87. The number of benzene rings is 1. The van der Waals surface area contributed by atoms with E-state index in [9.17, 15) is 9.59 Å². The lowest BCUT2D eigenvalue weighted by molar-refractivity contribution is -0.119. The highest BCUT2D eigenvalue weighted by Gasteiger charge is 2.20. The van der Waals surface area contributed by atoms with Crippen molar-refractivity contribution >= 4 is 27.5 Å². The topological polar surface area (TPSA) is 84.1 Å². The van der Waals surface area contributed by atoms with Crippen molar-refractivity contribution in [1.82, 2.24) is 15.3 Å². The van der Waals surface area contributed by atoms with Gasteiger partial charge in [-0.15, -0.1) is 0 Å². The molecule has 0 aliphatic carbocycles. The lowest BCUT2D eigenvalue weighted by Gasteiger charge is -2.12. The van der Waals surface area contributed by atoms with Gasteiger partial charge in [-0.2, -0.15) is 0 Å². The summed E-state index contributed by atoms with van der Waals surface area (Å²) >= 11 is 0. The van der Waals surface area contributed by atoms with Crippen LogP contribution in [0, 0.1) is 6.92 Å². The molecule has 6 nitrogen and oxygen atoms in total. The highest BCUT2D eigenvalue weighted by Crippen LogP contribution is 2.28. The molecule has 0 radical (unpaired) electrons. The number of rotatable bonds is 4. The monoisotopic (exact) mass is 337 g/mol. The molecule has 1 aromatic carbocycles. The number of H-pyrrole nitrogens is 1. The van der Waals surface area contributed by atoms with E-state index in [4.69, 9.17) is 4.74 Å². The molecule has 128 valence electrons. The minimum atomic E-state index is -0.0984. The number of fused-ring (bicyclic) bond motifs is 2. The molecule has 1 saturated heterocycles. The standard InChI is InChI=1S/C19H19N3O3/c1-11-10-21-18(24)16-8-12-4-6-20-19(15(12)9-14(11)16)25-7-5-13-2-3-17(23)22-13/h4,6,8-10,13H,2-3,5,7H2,1H3,(H,21,24)(H,22,23)/t13-/m0/s1. The van der Waals surface area contributed by atoms with Gasteiger partial charge in [0, 0.05) is 42.0 Å². The van der Waals surface area contributed by atoms with Crippen molar-refractivity contribution in [3.05, 3.63) is 46.5 Å². The average molecular weight is 337 g/mol. The smallest absolute Gasteiger partial charge is 0.255 e. The number of pyridine rings is 2. The van der Waals surface area contributed by atoms with Gasteiger partial charge in [-0.25, -0.2) is 4.98 Å². The van der Waals surface area contributed by atoms with Crippen LogP contribution in [-0.2, 0) is 4.79 Å². The number of aryl methyl sites for hydroxylation is 1. The SMILES string of the molecule is Cc1c[nH]c(=O)c2cc3ccnc(OCC[C@@H]4CCC(=O)N4)c3cc12. The van der Waals surface area contributed by atoms with Gasteiger partial charge >= 0.3 is 0 Å². The molecule has 0 unspecified atom stereocenters. The summed E-state index contributed by atoms with van der Waals surface area (Å²) in [6.45, 7) is 2.45. The third kappa shape index (κ3) is 2.95. The first-order valence-corrected chi connectivity index (χ1v) is 8.45. The summed E-state index contributed by atoms with van der Waals surface area (Å²) < 4.78 is 5.89. The van der Waals surface area contributed by atoms with Gasteiger partial charge in [-0.1, -0.05) is 0 Å². The summed E-state index contributed by atoms with van der Waals surface area (Å²) in [6.07, 6.45) is 5.62. The minimum absolute atomic E-state index is 0.0984. The second-order valence-corrected chi connectivity index (χ2v) is 6.48. The Hall–Kier alpha value is -2.89. The molecule has 1 fully saturated rings. The van der Waals surface area contributed by atoms with Gasteiger partial charge in [0.05, 0.1) is 6.61 Å². The van der Waals surface area contributed by atoms with Crippen LogP contribution >= 0.6 is 0 Å². The fourth-order valence-corrected chi connectivity index (χ4v) is 3.34. The lowest BCUT2D eigenvalue weighted by Crippen LogP contribution is -2.26. The molecule has 4 rings (SSSR count). The first kappa shape index (κ1) is 15.6. The molecule has 6 heteroatoms. The number of carbonyl (C=O) groups excluding carboxylic acids is 1. The molecule has 2 N–H and O–H groups in total. The quantitative estimate of drug-likeness (QED) is 0.716. The molecule has 1 aliphatic rings. The van der Waals surface area contributed by atoms with E-state index < -0.39 is 0 Å². The largest absolute Gasteiger partial charge is 0.477 e. The average Bonchev–Trinajstić information content (AvgIpc) is 3.03. The van der Waals surface area contributed by atoms with E-state index >= 15 is 0 Å². The maximum atomic E-state index is 12.1. The minimum Gasteiger partial charge on any atom is -0.477 e. The van der Waals surface area contributed by atoms with Crippen LogP contribution in [0.25, 0.3) is 21.5 Å². The molecule has 3 heterocycles. The molecule has 1 aliphatic heterocycles. The van der Waals surface area contributed by atoms with Gasteiger partial charge in [-0.3, -0.25) is 9.59 Å². The van der Waals surface area contributed by atoms with Gasteiger partial charge < -0.3 is 15.0 Å². The Morgan fingerprint density at radius 2 is 2.12 bits per heavy atom. The zero-order chi connectivity index (χ0) is 17.4. The Balaban J connectivity index is 1.65. The van der Waals surface area contributed by atoms with Crippen LogP contribution in [0.4, 0.5) is 0 Å². The Morgan fingerprint density at radius 3 is 2.92 bits per heavy atom. The van der Waals surface area contributed by atoms with Crippen LogP contribution in [-0.4, -0.2) is 28.5 Å². The molecule has 25 heavy (non-hydrogen) atoms. The molecular formula is C19H19N3O3. The number of nitrogens with zero attached hydrogens (tertiary/aromatic N) is 1. The summed E-state index contributed by atoms with van der Waals surface area (Å²) in [4.78, 5) is 30.4. The molecule has 1 atom stereocenters. The van der Waals surface area contributed by atoms with Gasteiger partial charge in [-0.05, 0) is 47.9 Å². The highest BCUT2D eigenvalue weighted by atomic mass is 16.5. The van der Waals surface area contributed by atoms with Gasteiger partial charge in [0.15, 0.2) is 0 Å². The summed E-state index contributed by atoms with van der Waals surface area (Å²) in [7, 11) is 0. The van der Waals surface area contributed by atoms with E-state index in [-0.39, 0.29) is 17.5 Å². The summed E-state index contributed by atoms with van der Waals surface area (Å²) in [5.74, 6) is 0.670. The third-order valence-electron chi connectivity index (χ3n) is 4.75. The number of amides is 1. The predicted molar refractivity (Wildman–Crippen MR) is 95.9 cm³/mol. The summed E-state index contributed by atoms with van der Waals surface area (Å²) in [5.41, 5.74) is 0.902. The molecule has 0 bridgehead atoms. The van der Waals surface area contributed by atoms with Crippen molar-refractivity contribution in [2.45, 2.75) is 32.2 Å². The lowest BCUT2D eigenvalue weighted by atomic mass is 10.0. The van der Waals surface area contributed by atoms with Crippen LogP contribution < -0.4 is 15.6 Å². The number of hydrogen-bond acceptors (Lipinski definition) is 4. The second kappa shape index (κ2) is 6.20. The first-order valence-electron chi connectivity index (χ1n) is 8.45. The number of aromatic amines is 1. The molecule has 2 aromatic heterocycles. The Labute approximate surface area is 144 Å². The van der Waals surface area contributed by atoms with Gasteiger partial charge in [0.1, 0.15) is 0 Å². The van der Waals surface area contributed by atoms with Crippen LogP contribution in [0.1, 0.15) is 24.8 Å². The van der Waals surface area contributed by atoms with Crippen molar-refractivity contribution in [3.8, 4) is 5.88 Å². The van der Waals surface area contributed by atoms with Crippen LogP contribution in [0.15, 0.2) is 35.4 Å². The van der Waals surface area contributed by atoms with E-state index in [0.29, 0.717) is 24.3 Å².